The molecule has 1 N–H and O–H groups in total. The summed E-state index contributed by atoms with van der Waals surface area (Å²) in [6.07, 6.45) is 3.45. The number of nitriles is 1. The molecule has 0 spiro atoms. The fourth-order valence-corrected chi connectivity index (χ4v) is 2.99. The minimum absolute atomic E-state index is 0.585. The Kier molecular flexibility index (Phi) is 3.33. The first kappa shape index (κ1) is 14.5. The van der Waals surface area contributed by atoms with Gasteiger partial charge in [0.25, 0.3) is 0 Å². The third-order valence-electron chi connectivity index (χ3n) is 3.94. The topological polar surface area (TPSA) is 66.0 Å². The van der Waals surface area contributed by atoms with Crippen LogP contribution in [-0.2, 0) is 0 Å². The van der Waals surface area contributed by atoms with Crippen molar-refractivity contribution in [2.24, 2.45) is 0 Å². The molecule has 0 amide bonds. The average Bonchev–Trinajstić information content (AvgIpc) is 3.08. The van der Waals surface area contributed by atoms with Gasteiger partial charge in [-0.1, -0.05) is 23.7 Å². The number of nitrogens with zero attached hydrogens (tertiary/aromatic N) is 4. The Hall–Kier alpha value is -3.10. The van der Waals surface area contributed by atoms with E-state index in [1.165, 1.54) is 0 Å². The molecule has 24 heavy (non-hydrogen) atoms. The zero-order chi connectivity index (χ0) is 16.7. The van der Waals surface area contributed by atoms with E-state index in [-0.39, 0.29) is 0 Å². The van der Waals surface area contributed by atoms with E-state index in [0.29, 0.717) is 16.4 Å². The highest BCUT2D eigenvalue weighted by Crippen LogP contribution is 2.31. The minimum Gasteiger partial charge on any atom is -0.337 e. The van der Waals surface area contributed by atoms with Crippen molar-refractivity contribution in [2.75, 3.05) is 5.32 Å². The van der Waals surface area contributed by atoms with Gasteiger partial charge in [0.05, 0.1) is 45.9 Å². The maximum Gasteiger partial charge on any atom is 0.157 e. The standard InChI is InChI=1S/C18H12ClN5/c1-11-3-2-4-13(19)17(11)23-18-16-9-21-10-24(16)15-7-12(8-20)5-6-14(15)22-18/h2-7,9-10H,1H3,(H,22,23). The predicted octanol–water partition coefficient (Wildman–Crippen LogP) is 4.46. The van der Waals surface area contributed by atoms with Gasteiger partial charge in [0, 0.05) is 0 Å². The summed E-state index contributed by atoms with van der Waals surface area (Å²) >= 11 is 6.31. The Balaban J connectivity index is 1.95. The Bertz CT molecular complexity index is 1100. The lowest BCUT2D eigenvalue weighted by Crippen LogP contribution is -2.01. The van der Waals surface area contributed by atoms with E-state index in [2.05, 4.69) is 21.4 Å². The number of imidazole rings is 1. The quantitative estimate of drug-likeness (QED) is 0.588. The summed E-state index contributed by atoms with van der Waals surface area (Å²) < 4.78 is 1.91. The predicted molar refractivity (Wildman–Crippen MR) is 94.7 cm³/mol. The Labute approximate surface area is 143 Å². The average molecular weight is 334 g/mol. The normalized spacial score (nSPS) is 10.9. The number of aryl methyl sites for hydroxylation is 1. The molecule has 0 aliphatic carbocycles. The molecule has 0 bridgehead atoms. The molecule has 6 heteroatoms. The molecule has 0 fully saturated rings. The van der Waals surface area contributed by atoms with Crippen molar-refractivity contribution < 1.29 is 0 Å². The molecule has 5 nitrogen and oxygen atoms in total. The van der Waals surface area contributed by atoms with Crippen molar-refractivity contribution in [3.8, 4) is 6.07 Å². The third-order valence-corrected chi connectivity index (χ3v) is 4.26. The second-order valence-corrected chi connectivity index (χ2v) is 5.89. The number of rotatable bonds is 2. The molecule has 0 atom stereocenters. The highest BCUT2D eigenvalue weighted by Gasteiger charge is 2.12. The van der Waals surface area contributed by atoms with Gasteiger partial charge in [-0.05, 0) is 36.8 Å². The number of hydrogen-bond donors (Lipinski definition) is 1. The Morgan fingerprint density at radius 1 is 1.21 bits per heavy atom. The second-order valence-electron chi connectivity index (χ2n) is 5.48. The number of aromatic nitrogens is 3. The fourth-order valence-electron chi connectivity index (χ4n) is 2.72. The van der Waals surface area contributed by atoms with E-state index < -0.39 is 0 Å². The van der Waals surface area contributed by atoms with Crippen molar-refractivity contribution >= 4 is 39.7 Å². The highest BCUT2D eigenvalue weighted by molar-refractivity contribution is 6.33. The number of halogens is 1. The third kappa shape index (κ3) is 2.25. The van der Waals surface area contributed by atoms with Crippen LogP contribution in [0.5, 0.6) is 0 Å². The van der Waals surface area contributed by atoms with Crippen molar-refractivity contribution in [3.05, 3.63) is 65.1 Å². The smallest absolute Gasteiger partial charge is 0.157 e. The SMILES string of the molecule is Cc1cccc(Cl)c1Nc1nc2ccc(C#N)cc2n2cncc12. The molecule has 2 heterocycles. The van der Waals surface area contributed by atoms with Crippen molar-refractivity contribution in [3.63, 3.8) is 0 Å². The molecule has 0 saturated carbocycles. The van der Waals surface area contributed by atoms with Crippen LogP contribution in [0, 0.1) is 18.3 Å². The van der Waals surface area contributed by atoms with Crippen LogP contribution in [0.4, 0.5) is 11.5 Å². The Morgan fingerprint density at radius 3 is 2.88 bits per heavy atom. The monoisotopic (exact) mass is 333 g/mol. The van der Waals surface area contributed by atoms with Crippen LogP contribution < -0.4 is 5.32 Å². The molecule has 0 aliphatic heterocycles. The molecular formula is C18H12ClN5. The molecular weight excluding hydrogens is 322 g/mol. The first-order chi connectivity index (χ1) is 11.7. The molecule has 2 aromatic carbocycles. The van der Waals surface area contributed by atoms with Gasteiger partial charge in [-0.2, -0.15) is 5.26 Å². The number of anilines is 2. The van der Waals surface area contributed by atoms with Crippen molar-refractivity contribution in [1.82, 2.24) is 14.4 Å². The lowest BCUT2D eigenvalue weighted by molar-refractivity contribution is 1.18. The fraction of sp³-hybridized carbons (Fsp3) is 0.0556. The van der Waals surface area contributed by atoms with Gasteiger partial charge in [0.2, 0.25) is 0 Å². The molecule has 0 saturated heterocycles. The number of benzene rings is 2. The number of hydrogen-bond acceptors (Lipinski definition) is 4. The molecule has 0 aliphatic rings. The summed E-state index contributed by atoms with van der Waals surface area (Å²) in [5.41, 5.74) is 4.86. The summed E-state index contributed by atoms with van der Waals surface area (Å²) in [4.78, 5) is 8.91. The van der Waals surface area contributed by atoms with Crippen molar-refractivity contribution in [2.45, 2.75) is 6.92 Å². The molecule has 4 rings (SSSR count). The first-order valence-electron chi connectivity index (χ1n) is 7.35. The van der Waals surface area contributed by atoms with Gasteiger partial charge in [0.1, 0.15) is 5.52 Å². The van der Waals surface area contributed by atoms with Crippen LogP contribution in [0.15, 0.2) is 48.9 Å². The molecule has 0 unspecified atom stereocenters. The van der Waals surface area contributed by atoms with E-state index >= 15 is 0 Å². The van der Waals surface area contributed by atoms with Crippen molar-refractivity contribution in [1.29, 1.82) is 5.26 Å². The Morgan fingerprint density at radius 2 is 2.08 bits per heavy atom. The number of para-hydroxylation sites is 1. The largest absolute Gasteiger partial charge is 0.337 e. The van der Waals surface area contributed by atoms with Crippen LogP contribution in [0.2, 0.25) is 5.02 Å². The summed E-state index contributed by atoms with van der Waals surface area (Å²) in [7, 11) is 0. The maximum absolute atomic E-state index is 9.11. The molecule has 0 radical (unpaired) electrons. The van der Waals surface area contributed by atoms with Gasteiger partial charge < -0.3 is 5.32 Å². The van der Waals surface area contributed by atoms with Crippen LogP contribution in [0.25, 0.3) is 16.6 Å². The van der Waals surface area contributed by atoms with E-state index in [1.807, 2.05) is 41.7 Å². The molecule has 2 aromatic heterocycles. The maximum atomic E-state index is 9.11. The highest BCUT2D eigenvalue weighted by atomic mass is 35.5. The van der Waals surface area contributed by atoms with Crippen LogP contribution in [0.1, 0.15) is 11.1 Å². The number of fused-ring (bicyclic) bond motifs is 3. The zero-order valence-electron chi connectivity index (χ0n) is 12.8. The van der Waals surface area contributed by atoms with Gasteiger partial charge >= 0.3 is 0 Å². The van der Waals surface area contributed by atoms with E-state index in [4.69, 9.17) is 16.9 Å². The van der Waals surface area contributed by atoms with Crippen LogP contribution in [0.3, 0.4) is 0 Å². The van der Waals surface area contributed by atoms with Gasteiger partial charge in [-0.25, -0.2) is 9.97 Å². The summed E-state index contributed by atoms with van der Waals surface area (Å²) in [6.45, 7) is 1.99. The van der Waals surface area contributed by atoms with Crippen LogP contribution in [-0.4, -0.2) is 14.4 Å². The second kappa shape index (κ2) is 5.52. The minimum atomic E-state index is 0.585. The first-order valence-corrected chi connectivity index (χ1v) is 7.73. The summed E-state index contributed by atoms with van der Waals surface area (Å²) in [5.74, 6) is 0.668. The van der Waals surface area contributed by atoms with Crippen LogP contribution >= 0.6 is 11.6 Å². The summed E-state index contributed by atoms with van der Waals surface area (Å²) in [5, 5.41) is 13.1. The summed E-state index contributed by atoms with van der Waals surface area (Å²) in [6, 6.07) is 13.3. The molecule has 4 aromatic rings. The van der Waals surface area contributed by atoms with E-state index in [1.54, 1.807) is 18.6 Å². The van der Waals surface area contributed by atoms with Gasteiger partial charge in [0.15, 0.2) is 5.82 Å². The number of nitrogens with one attached hydrogen (secondary N) is 1. The van der Waals surface area contributed by atoms with Gasteiger partial charge in [-0.3, -0.25) is 4.40 Å². The molecule has 116 valence electrons. The van der Waals surface area contributed by atoms with E-state index in [9.17, 15) is 0 Å². The van der Waals surface area contributed by atoms with Gasteiger partial charge in [-0.15, -0.1) is 0 Å². The lowest BCUT2D eigenvalue weighted by Gasteiger charge is -2.13. The zero-order valence-corrected chi connectivity index (χ0v) is 13.5. The lowest BCUT2D eigenvalue weighted by atomic mass is 10.2. The van der Waals surface area contributed by atoms with E-state index in [0.717, 1.165) is 27.8 Å².